The maximum absolute atomic E-state index is 12.9. The molecule has 2 rings (SSSR count). The van der Waals surface area contributed by atoms with Crippen LogP contribution in [0, 0.1) is 5.82 Å². The standard InChI is InChI=1S/C16H19FN2/c1-3-16(18)12-4-8-14(9-5-12)19(2)15-10-6-13(17)7-11-15/h4-11,16H,3,18H2,1-2H3/t16-/m0/s1. The fourth-order valence-corrected chi connectivity index (χ4v) is 1.99. The molecule has 0 aliphatic heterocycles. The number of nitrogens with zero attached hydrogens (tertiary/aromatic N) is 1. The Morgan fingerprint density at radius 2 is 1.47 bits per heavy atom. The Morgan fingerprint density at radius 1 is 1.00 bits per heavy atom. The third-order valence-corrected chi connectivity index (χ3v) is 3.36. The molecule has 0 fully saturated rings. The third-order valence-electron chi connectivity index (χ3n) is 3.36. The van der Waals surface area contributed by atoms with Gasteiger partial charge in [0.05, 0.1) is 0 Å². The minimum Gasteiger partial charge on any atom is -0.345 e. The normalized spacial score (nSPS) is 12.2. The molecule has 0 saturated carbocycles. The Balaban J connectivity index is 2.19. The molecule has 0 unspecified atom stereocenters. The SMILES string of the molecule is CC[C@H](N)c1ccc(N(C)c2ccc(F)cc2)cc1. The van der Waals surface area contributed by atoms with E-state index in [0.29, 0.717) is 0 Å². The first-order valence-corrected chi connectivity index (χ1v) is 6.46. The number of benzene rings is 2. The van der Waals surface area contributed by atoms with Crippen LogP contribution in [0.2, 0.25) is 0 Å². The molecule has 0 radical (unpaired) electrons. The van der Waals surface area contributed by atoms with Crippen molar-refractivity contribution in [1.82, 2.24) is 0 Å². The fraction of sp³-hybridized carbons (Fsp3) is 0.250. The van der Waals surface area contributed by atoms with E-state index in [1.54, 1.807) is 12.1 Å². The lowest BCUT2D eigenvalue weighted by Gasteiger charge is -2.20. The van der Waals surface area contributed by atoms with E-state index in [1.165, 1.54) is 12.1 Å². The van der Waals surface area contributed by atoms with Gasteiger partial charge in [0, 0.05) is 24.5 Å². The molecule has 19 heavy (non-hydrogen) atoms. The van der Waals surface area contributed by atoms with Crippen LogP contribution in [0.4, 0.5) is 15.8 Å². The van der Waals surface area contributed by atoms with Gasteiger partial charge >= 0.3 is 0 Å². The smallest absolute Gasteiger partial charge is 0.123 e. The van der Waals surface area contributed by atoms with Crippen molar-refractivity contribution in [2.45, 2.75) is 19.4 Å². The summed E-state index contributed by atoms with van der Waals surface area (Å²) in [5.41, 5.74) is 9.14. The molecule has 2 N–H and O–H groups in total. The Labute approximate surface area is 113 Å². The summed E-state index contributed by atoms with van der Waals surface area (Å²) in [7, 11) is 1.96. The second kappa shape index (κ2) is 5.85. The first-order chi connectivity index (χ1) is 9.11. The quantitative estimate of drug-likeness (QED) is 0.898. The summed E-state index contributed by atoms with van der Waals surface area (Å²) in [6.45, 7) is 2.07. The molecule has 0 aliphatic carbocycles. The van der Waals surface area contributed by atoms with Crippen LogP contribution < -0.4 is 10.6 Å². The first-order valence-electron chi connectivity index (χ1n) is 6.46. The predicted octanol–water partition coefficient (Wildman–Crippen LogP) is 4.00. The molecular weight excluding hydrogens is 239 g/mol. The molecule has 0 aromatic heterocycles. The average molecular weight is 258 g/mol. The van der Waals surface area contributed by atoms with Crippen LogP contribution in [-0.2, 0) is 0 Å². The van der Waals surface area contributed by atoms with E-state index < -0.39 is 0 Å². The van der Waals surface area contributed by atoms with E-state index in [0.717, 1.165) is 23.4 Å². The Morgan fingerprint density at radius 3 is 1.95 bits per heavy atom. The molecule has 0 heterocycles. The second-order valence-corrected chi connectivity index (χ2v) is 4.64. The van der Waals surface area contributed by atoms with Crippen LogP contribution in [0.5, 0.6) is 0 Å². The van der Waals surface area contributed by atoms with Crippen molar-refractivity contribution < 1.29 is 4.39 Å². The van der Waals surface area contributed by atoms with Crippen molar-refractivity contribution in [1.29, 1.82) is 0 Å². The van der Waals surface area contributed by atoms with Crippen LogP contribution in [-0.4, -0.2) is 7.05 Å². The molecule has 0 aliphatic rings. The molecule has 0 amide bonds. The van der Waals surface area contributed by atoms with Gasteiger partial charge in [-0.05, 0) is 48.4 Å². The molecule has 0 saturated heterocycles. The molecule has 0 bridgehead atoms. The summed E-state index contributed by atoms with van der Waals surface area (Å²) in [5.74, 6) is -0.221. The van der Waals surface area contributed by atoms with E-state index in [2.05, 4.69) is 6.92 Å². The van der Waals surface area contributed by atoms with E-state index in [-0.39, 0.29) is 11.9 Å². The largest absolute Gasteiger partial charge is 0.345 e. The summed E-state index contributed by atoms with van der Waals surface area (Å²) >= 11 is 0. The molecule has 3 heteroatoms. The maximum Gasteiger partial charge on any atom is 0.123 e. The zero-order valence-electron chi connectivity index (χ0n) is 11.3. The second-order valence-electron chi connectivity index (χ2n) is 4.64. The maximum atomic E-state index is 12.9. The highest BCUT2D eigenvalue weighted by Crippen LogP contribution is 2.25. The Bertz CT molecular complexity index is 519. The van der Waals surface area contributed by atoms with Gasteiger partial charge in [-0.1, -0.05) is 19.1 Å². The zero-order chi connectivity index (χ0) is 13.8. The van der Waals surface area contributed by atoms with Crippen molar-refractivity contribution in [2.75, 3.05) is 11.9 Å². The van der Waals surface area contributed by atoms with Gasteiger partial charge in [0.1, 0.15) is 5.82 Å². The van der Waals surface area contributed by atoms with E-state index in [4.69, 9.17) is 5.73 Å². The lowest BCUT2D eigenvalue weighted by atomic mass is 10.1. The summed E-state index contributed by atoms with van der Waals surface area (Å²) in [6.07, 6.45) is 0.924. The average Bonchev–Trinajstić information content (AvgIpc) is 2.46. The zero-order valence-corrected chi connectivity index (χ0v) is 11.3. The summed E-state index contributed by atoms with van der Waals surface area (Å²) in [4.78, 5) is 2.01. The van der Waals surface area contributed by atoms with Crippen LogP contribution in [0.3, 0.4) is 0 Å². The molecular formula is C16H19FN2. The highest BCUT2D eigenvalue weighted by atomic mass is 19.1. The van der Waals surface area contributed by atoms with Crippen LogP contribution in [0.25, 0.3) is 0 Å². The lowest BCUT2D eigenvalue weighted by Crippen LogP contribution is -2.11. The summed E-state index contributed by atoms with van der Waals surface area (Å²) < 4.78 is 12.9. The van der Waals surface area contributed by atoms with E-state index in [9.17, 15) is 4.39 Å². The molecule has 2 nitrogen and oxygen atoms in total. The molecule has 2 aromatic carbocycles. The van der Waals surface area contributed by atoms with Crippen molar-refractivity contribution >= 4 is 11.4 Å². The van der Waals surface area contributed by atoms with Crippen molar-refractivity contribution in [3.05, 3.63) is 59.9 Å². The highest BCUT2D eigenvalue weighted by Gasteiger charge is 2.06. The van der Waals surface area contributed by atoms with Crippen molar-refractivity contribution in [2.24, 2.45) is 5.73 Å². The molecule has 0 spiro atoms. The van der Waals surface area contributed by atoms with Gasteiger partial charge in [0.15, 0.2) is 0 Å². The predicted molar refractivity (Wildman–Crippen MR) is 78.1 cm³/mol. The summed E-state index contributed by atoms with van der Waals surface area (Å²) in [6, 6.07) is 14.7. The number of nitrogens with two attached hydrogens (primary N) is 1. The number of rotatable bonds is 4. The minimum atomic E-state index is -0.221. The number of hydrogen-bond acceptors (Lipinski definition) is 2. The monoisotopic (exact) mass is 258 g/mol. The number of hydrogen-bond donors (Lipinski definition) is 1. The van der Waals surface area contributed by atoms with E-state index >= 15 is 0 Å². The van der Waals surface area contributed by atoms with Gasteiger partial charge in [-0.25, -0.2) is 4.39 Å². The number of halogens is 1. The molecule has 2 aromatic rings. The third kappa shape index (κ3) is 3.12. The first kappa shape index (κ1) is 13.6. The van der Waals surface area contributed by atoms with E-state index in [1.807, 2.05) is 36.2 Å². The lowest BCUT2D eigenvalue weighted by molar-refractivity contribution is 0.628. The number of anilines is 2. The highest BCUT2D eigenvalue weighted by molar-refractivity contribution is 5.62. The van der Waals surface area contributed by atoms with Gasteiger partial charge in [-0.2, -0.15) is 0 Å². The van der Waals surface area contributed by atoms with Crippen LogP contribution >= 0.6 is 0 Å². The van der Waals surface area contributed by atoms with Crippen LogP contribution in [0.1, 0.15) is 24.9 Å². The fourth-order valence-electron chi connectivity index (χ4n) is 1.99. The van der Waals surface area contributed by atoms with Gasteiger partial charge in [0.25, 0.3) is 0 Å². The van der Waals surface area contributed by atoms with Crippen molar-refractivity contribution in [3.63, 3.8) is 0 Å². The van der Waals surface area contributed by atoms with Gasteiger partial charge in [-0.15, -0.1) is 0 Å². The van der Waals surface area contributed by atoms with Gasteiger partial charge in [-0.3, -0.25) is 0 Å². The minimum absolute atomic E-state index is 0.0881. The molecule has 1 atom stereocenters. The Kier molecular flexibility index (Phi) is 4.17. The Hall–Kier alpha value is -1.87. The molecule has 100 valence electrons. The van der Waals surface area contributed by atoms with Gasteiger partial charge in [0.2, 0.25) is 0 Å². The summed E-state index contributed by atoms with van der Waals surface area (Å²) in [5, 5.41) is 0. The van der Waals surface area contributed by atoms with Crippen LogP contribution in [0.15, 0.2) is 48.5 Å². The van der Waals surface area contributed by atoms with Gasteiger partial charge < -0.3 is 10.6 Å². The van der Waals surface area contributed by atoms with Crippen molar-refractivity contribution in [3.8, 4) is 0 Å². The topological polar surface area (TPSA) is 29.3 Å².